The Balaban J connectivity index is 2.31. The summed E-state index contributed by atoms with van der Waals surface area (Å²) in [6.45, 7) is 1.30. The van der Waals surface area contributed by atoms with Gasteiger partial charge in [0.15, 0.2) is 6.10 Å². The van der Waals surface area contributed by atoms with Gasteiger partial charge in [-0.25, -0.2) is 0 Å². The zero-order valence-electron chi connectivity index (χ0n) is 9.83. The van der Waals surface area contributed by atoms with E-state index in [2.05, 4.69) is 0 Å². The summed E-state index contributed by atoms with van der Waals surface area (Å²) < 4.78 is 5.14. The van der Waals surface area contributed by atoms with Crippen LogP contribution in [0.4, 0.5) is 0 Å². The van der Waals surface area contributed by atoms with Crippen molar-refractivity contribution in [2.24, 2.45) is 0 Å². The third kappa shape index (κ3) is 2.84. The largest absolute Gasteiger partial charge is 0.449 e. The molecule has 1 aromatic heterocycles. The Labute approximate surface area is 109 Å². The summed E-state index contributed by atoms with van der Waals surface area (Å²) in [7, 11) is 0. The number of esters is 1. The molecule has 0 aliphatic carbocycles. The first-order chi connectivity index (χ1) is 8.68. The van der Waals surface area contributed by atoms with E-state index in [-0.39, 0.29) is 5.78 Å². The number of Topliss-reactive ketones (excluding diaryl/α,β-unsaturated/α-hetero) is 1. The highest BCUT2D eigenvalue weighted by molar-refractivity contribution is 7.12. The normalized spacial score (nSPS) is 11.8. The number of ketones is 1. The molecule has 0 radical (unpaired) electrons. The van der Waals surface area contributed by atoms with E-state index in [1.165, 1.54) is 18.3 Å². The van der Waals surface area contributed by atoms with Crippen LogP contribution < -0.4 is 0 Å². The van der Waals surface area contributed by atoms with Crippen LogP contribution in [0.15, 0.2) is 47.8 Å². The third-order valence-electron chi connectivity index (χ3n) is 2.39. The molecule has 1 aromatic carbocycles. The first-order valence-corrected chi connectivity index (χ1v) is 6.36. The maximum atomic E-state index is 12.3. The number of thiophene rings is 1. The number of benzene rings is 1. The lowest BCUT2D eigenvalue weighted by Crippen LogP contribution is -2.17. The lowest BCUT2D eigenvalue weighted by Gasteiger charge is -2.15. The minimum Gasteiger partial charge on any atom is -0.449 e. The molecule has 0 bridgehead atoms. The smallest absolute Gasteiger partial charge is 0.303 e. The van der Waals surface area contributed by atoms with Crippen LogP contribution in [0.2, 0.25) is 0 Å². The predicted molar refractivity (Wildman–Crippen MR) is 69.6 cm³/mol. The molecular weight excluding hydrogens is 248 g/mol. The van der Waals surface area contributed by atoms with Gasteiger partial charge in [-0.05, 0) is 11.4 Å². The molecular formula is C14H12O3S. The van der Waals surface area contributed by atoms with Crippen molar-refractivity contribution >= 4 is 23.1 Å². The highest BCUT2D eigenvalue weighted by atomic mass is 32.1. The maximum Gasteiger partial charge on any atom is 0.303 e. The lowest BCUT2D eigenvalue weighted by molar-refractivity contribution is -0.144. The van der Waals surface area contributed by atoms with Gasteiger partial charge in [-0.3, -0.25) is 9.59 Å². The lowest BCUT2D eigenvalue weighted by atomic mass is 10.0. The van der Waals surface area contributed by atoms with Gasteiger partial charge in [-0.1, -0.05) is 36.4 Å². The van der Waals surface area contributed by atoms with Crippen molar-refractivity contribution in [3.05, 3.63) is 58.3 Å². The Hall–Kier alpha value is -1.94. The van der Waals surface area contributed by atoms with E-state index in [9.17, 15) is 9.59 Å². The van der Waals surface area contributed by atoms with Gasteiger partial charge >= 0.3 is 5.97 Å². The Morgan fingerprint density at radius 1 is 1.11 bits per heavy atom. The number of rotatable bonds is 4. The molecule has 92 valence electrons. The van der Waals surface area contributed by atoms with E-state index in [1.54, 1.807) is 24.3 Å². The topological polar surface area (TPSA) is 43.4 Å². The fraction of sp³-hybridized carbons (Fsp3) is 0.143. The van der Waals surface area contributed by atoms with Crippen LogP contribution in [0.3, 0.4) is 0 Å². The average Bonchev–Trinajstić information content (AvgIpc) is 2.90. The van der Waals surface area contributed by atoms with Crippen LogP contribution in [0.25, 0.3) is 0 Å². The Bertz CT molecular complexity index is 531. The van der Waals surface area contributed by atoms with Gasteiger partial charge in [0.2, 0.25) is 5.78 Å². The van der Waals surface area contributed by atoms with E-state index < -0.39 is 12.1 Å². The molecule has 1 heterocycles. The number of carbonyl (C=O) groups is 2. The number of carbonyl (C=O) groups excluding carboxylic acids is 2. The predicted octanol–water partition coefficient (Wildman–Crippen LogP) is 3.24. The van der Waals surface area contributed by atoms with Crippen molar-refractivity contribution in [3.63, 3.8) is 0 Å². The Morgan fingerprint density at radius 3 is 2.39 bits per heavy atom. The first-order valence-electron chi connectivity index (χ1n) is 5.48. The molecule has 0 saturated heterocycles. The van der Waals surface area contributed by atoms with E-state index in [1.807, 2.05) is 23.6 Å². The summed E-state index contributed by atoms with van der Waals surface area (Å²) in [6, 6.07) is 12.6. The molecule has 0 aliphatic rings. The fourth-order valence-electron chi connectivity index (χ4n) is 1.61. The SMILES string of the molecule is CC(=O)O[C@H](C(=O)c1cccs1)c1ccccc1. The quantitative estimate of drug-likeness (QED) is 0.626. The zero-order chi connectivity index (χ0) is 13.0. The van der Waals surface area contributed by atoms with Gasteiger partial charge in [0.05, 0.1) is 4.88 Å². The van der Waals surface area contributed by atoms with Crippen molar-refractivity contribution in [2.45, 2.75) is 13.0 Å². The van der Waals surface area contributed by atoms with Crippen LogP contribution in [0.5, 0.6) is 0 Å². The molecule has 1 atom stereocenters. The second kappa shape index (κ2) is 5.60. The van der Waals surface area contributed by atoms with Gasteiger partial charge < -0.3 is 4.74 Å². The Kier molecular flexibility index (Phi) is 3.89. The molecule has 0 unspecified atom stereocenters. The van der Waals surface area contributed by atoms with E-state index in [4.69, 9.17) is 4.74 Å². The Morgan fingerprint density at radius 2 is 1.83 bits per heavy atom. The summed E-state index contributed by atoms with van der Waals surface area (Å²) in [4.78, 5) is 24.0. The minimum absolute atomic E-state index is 0.189. The van der Waals surface area contributed by atoms with Gasteiger partial charge in [0.1, 0.15) is 0 Å². The molecule has 18 heavy (non-hydrogen) atoms. The molecule has 4 heteroatoms. The van der Waals surface area contributed by atoms with Gasteiger partial charge in [0, 0.05) is 12.5 Å². The van der Waals surface area contributed by atoms with Crippen molar-refractivity contribution in [3.8, 4) is 0 Å². The molecule has 0 saturated carbocycles. The van der Waals surface area contributed by atoms with Crippen LogP contribution in [-0.2, 0) is 9.53 Å². The van der Waals surface area contributed by atoms with E-state index >= 15 is 0 Å². The highest BCUT2D eigenvalue weighted by Crippen LogP contribution is 2.24. The third-order valence-corrected chi connectivity index (χ3v) is 3.27. The molecule has 0 aliphatic heterocycles. The number of hydrogen-bond acceptors (Lipinski definition) is 4. The summed E-state index contributed by atoms with van der Waals surface area (Å²) in [5.74, 6) is -0.653. The van der Waals surface area contributed by atoms with Gasteiger partial charge in [-0.2, -0.15) is 0 Å². The van der Waals surface area contributed by atoms with Crippen LogP contribution in [0, 0.1) is 0 Å². The van der Waals surface area contributed by atoms with Gasteiger partial charge in [-0.15, -0.1) is 11.3 Å². The summed E-state index contributed by atoms with van der Waals surface area (Å²) >= 11 is 1.34. The van der Waals surface area contributed by atoms with Crippen molar-refractivity contribution in [1.29, 1.82) is 0 Å². The molecule has 0 N–H and O–H groups in total. The average molecular weight is 260 g/mol. The van der Waals surface area contributed by atoms with Crippen LogP contribution in [-0.4, -0.2) is 11.8 Å². The molecule has 0 spiro atoms. The van der Waals surface area contributed by atoms with E-state index in [0.717, 1.165) is 0 Å². The zero-order valence-corrected chi connectivity index (χ0v) is 10.6. The maximum absolute atomic E-state index is 12.3. The summed E-state index contributed by atoms with van der Waals surface area (Å²) in [5, 5.41) is 1.82. The standard InChI is InChI=1S/C14H12O3S/c1-10(15)17-14(11-6-3-2-4-7-11)13(16)12-8-5-9-18-12/h2-9,14H,1H3/t14-/m0/s1. The van der Waals surface area contributed by atoms with Crippen molar-refractivity contribution in [2.75, 3.05) is 0 Å². The monoisotopic (exact) mass is 260 g/mol. The highest BCUT2D eigenvalue weighted by Gasteiger charge is 2.25. The second-order valence-corrected chi connectivity index (χ2v) is 4.69. The number of ether oxygens (including phenoxy) is 1. The van der Waals surface area contributed by atoms with Crippen molar-refractivity contribution < 1.29 is 14.3 Å². The van der Waals surface area contributed by atoms with Gasteiger partial charge in [0.25, 0.3) is 0 Å². The van der Waals surface area contributed by atoms with E-state index in [0.29, 0.717) is 10.4 Å². The minimum atomic E-state index is -0.859. The molecule has 3 nitrogen and oxygen atoms in total. The summed E-state index contributed by atoms with van der Waals surface area (Å²) in [5.41, 5.74) is 0.686. The van der Waals surface area contributed by atoms with Crippen LogP contribution >= 0.6 is 11.3 Å². The fourth-order valence-corrected chi connectivity index (χ4v) is 2.30. The second-order valence-electron chi connectivity index (χ2n) is 3.74. The summed E-state index contributed by atoms with van der Waals surface area (Å²) in [6.07, 6.45) is -0.859. The van der Waals surface area contributed by atoms with Crippen molar-refractivity contribution in [1.82, 2.24) is 0 Å². The first kappa shape index (κ1) is 12.5. The number of hydrogen-bond donors (Lipinski definition) is 0. The molecule has 0 amide bonds. The molecule has 0 fully saturated rings. The van der Waals surface area contributed by atoms with Crippen LogP contribution in [0.1, 0.15) is 28.3 Å². The molecule has 2 aromatic rings. The molecule has 2 rings (SSSR count).